The van der Waals surface area contributed by atoms with E-state index < -0.39 is 0 Å². The van der Waals surface area contributed by atoms with Gasteiger partial charge >= 0.3 is 0 Å². The first kappa shape index (κ1) is 17.0. The molecule has 1 aliphatic heterocycles. The molecule has 1 unspecified atom stereocenters. The Kier molecular flexibility index (Phi) is 5.28. The summed E-state index contributed by atoms with van der Waals surface area (Å²) in [6.45, 7) is 8.96. The van der Waals surface area contributed by atoms with Gasteiger partial charge in [0, 0.05) is 23.7 Å². The van der Waals surface area contributed by atoms with Gasteiger partial charge in [-0.25, -0.2) is 0 Å². The molecule has 1 aromatic rings. The van der Waals surface area contributed by atoms with Gasteiger partial charge in [0.1, 0.15) is 0 Å². The van der Waals surface area contributed by atoms with Crippen LogP contribution in [0.25, 0.3) is 0 Å². The van der Waals surface area contributed by atoms with Crippen LogP contribution in [-0.4, -0.2) is 18.5 Å². The van der Waals surface area contributed by atoms with Gasteiger partial charge in [0.2, 0.25) is 5.91 Å². The van der Waals surface area contributed by atoms with E-state index in [2.05, 4.69) is 25.1 Å². The van der Waals surface area contributed by atoms with E-state index in [-0.39, 0.29) is 17.4 Å². The monoisotopic (exact) mass is 302 g/mol. The van der Waals surface area contributed by atoms with Crippen LogP contribution in [-0.2, 0) is 17.6 Å². The molecule has 0 saturated heterocycles. The fourth-order valence-electron chi connectivity index (χ4n) is 3.17. The van der Waals surface area contributed by atoms with E-state index in [1.54, 1.807) is 0 Å². The molecule has 122 valence electrons. The molecule has 0 radical (unpaired) electrons. The van der Waals surface area contributed by atoms with Crippen LogP contribution in [0.3, 0.4) is 0 Å². The Bertz CT molecular complexity index is 531. The number of rotatable bonds is 4. The summed E-state index contributed by atoms with van der Waals surface area (Å²) >= 11 is 0. The molecule has 1 aromatic carbocycles. The Morgan fingerprint density at radius 2 is 2.09 bits per heavy atom. The van der Waals surface area contributed by atoms with Crippen LogP contribution in [0.4, 0.5) is 5.69 Å². The number of amides is 1. The van der Waals surface area contributed by atoms with Crippen molar-refractivity contribution < 1.29 is 4.79 Å². The standard InChI is InChI=1S/C19H30N2O/c1-5-7-16(20)13-14-9-10-17-15(12-14)8-6-11-21(17)18(22)19(2,3)4/h9-10,12,16H,5-8,11,13,20H2,1-4H3. The van der Waals surface area contributed by atoms with E-state index in [4.69, 9.17) is 5.73 Å². The molecule has 0 spiro atoms. The molecule has 0 bridgehead atoms. The molecule has 0 fully saturated rings. The first-order valence-corrected chi connectivity index (χ1v) is 8.52. The Morgan fingerprint density at radius 3 is 2.73 bits per heavy atom. The van der Waals surface area contributed by atoms with Crippen LogP contribution in [0.1, 0.15) is 58.1 Å². The second-order valence-corrected chi connectivity index (χ2v) is 7.53. The number of nitrogens with zero attached hydrogens (tertiary/aromatic N) is 1. The second-order valence-electron chi connectivity index (χ2n) is 7.53. The predicted molar refractivity (Wildman–Crippen MR) is 93.2 cm³/mol. The van der Waals surface area contributed by atoms with Gasteiger partial charge in [-0.05, 0) is 42.9 Å². The van der Waals surface area contributed by atoms with Crippen LogP contribution < -0.4 is 10.6 Å². The van der Waals surface area contributed by atoms with E-state index in [9.17, 15) is 4.79 Å². The first-order valence-electron chi connectivity index (χ1n) is 8.52. The van der Waals surface area contributed by atoms with Crippen molar-refractivity contribution >= 4 is 11.6 Å². The van der Waals surface area contributed by atoms with Crippen molar-refractivity contribution in [1.82, 2.24) is 0 Å². The lowest BCUT2D eigenvalue weighted by molar-refractivity contribution is -0.125. The predicted octanol–water partition coefficient (Wildman–Crippen LogP) is 3.68. The van der Waals surface area contributed by atoms with Crippen molar-refractivity contribution in [3.05, 3.63) is 29.3 Å². The smallest absolute Gasteiger partial charge is 0.232 e. The van der Waals surface area contributed by atoms with Gasteiger partial charge in [0.25, 0.3) is 0 Å². The van der Waals surface area contributed by atoms with Gasteiger partial charge < -0.3 is 10.6 Å². The Balaban J connectivity index is 2.21. The maximum atomic E-state index is 12.6. The molecule has 1 amide bonds. The summed E-state index contributed by atoms with van der Waals surface area (Å²) < 4.78 is 0. The number of carbonyl (C=O) groups excluding carboxylic acids is 1. The third-order valence-electron chi connectivity index (χ3n) is 4.31. The number of benzene rings is 1. The Morgan fingerprint density at radius 1 is 1.36 bits per heavy atom. The summed E-state index contributed by atoms with van der Waals surface area (Å²) in [5, 5.41) is 0. The SMILES string of the molecule is CCCC(N)Cc1ccc2c(c1)CCCN2C(=O)C(C)(C)C. The third kappa shape index (κ3) is 3.89. The summed E-state index contributed by atoms with van der Waals surface area (Å²) in [5.74, 6) is 0.212. The lowest BCUT2D eigenvalue weighted by Gasteiger charge is -2.34. The quantitative estimate of drug-likeness (QED) is 0.922. The average Bonchev–Trinajstić information content (AvgIpc) is 2.45. The third-order valence-corrected chi connectivity index (χ3v) is 4.31. The van der Waals surface area contributed by atoms with Crippen molar-refractivity contribution in [1.29, 1.82) is 0 Å². The van der Waals surface area contributed by atoms with E-state index in [0.717, 1.165) is 44.3 Å². The molecule has 2 N–H and O–H groups in total. The van der Waals surface area contributed by atoms with Crippen LogP contribution in [0, 0.1) is 5.41 Å². The van der Waals surface area contributed by atoms with Crippen LogP contribution >= 0.6 is 0 Å². The van der Waals surface area contributed by atoms with Gasteiger partial charge in [0.15, 0.2) is 0 Å². The summed E-state index contributed by atoms with van der Waals surface area (Å²) in [7, 11) is 0. The van der Waals surface area contributed by atoms with Gasteiger partial charge in [-0.3, -0.25) is 4.79 Å². The van der Waals surface area contributed by atoms with Crippen molar-refractivity contribution in [3.8, 4) is 0 Å². The van der Waals surface area contributed by atoms with Crippen molar-refractivity contribution in [2.24, 2.45) is 11.1 Å². The highest BCUT2D eigenvalue weighted by molar-refractivity contribution is 5.97. The van der Waals surface area contributed by atoms with E-state index in [1.165, 1.54) is 11.1 Å². The van der Waals surface area contributed by atoms with Gasteiger partial charge in [-0.2, -0.15) is 0 Å². The molecular formula is C19H30N2O. The number of carbonyl (C=O) groups is 1. The van der Waals surface area contributed by atoms with Gasteiger partial charge in [0.05, 0.1) is 0 Å². The highest BCUT2D eigenvalue weighted by atomic mass is 16.2. The van der Waals surface area contributed by atoms with Gasteiger partial charge in [-0.1, -0.05) is 46.2 Å². The minimum absolute atomic E-state index is 0.212. The van der Waals surface area contributed by atoms with E-state index in [0.29, 0.717) is 0 Å². The molecule has 1 heterocycles. The van der Waals surface area contributed by atoms with Crippen molar-refractivity contribution in [2.75, 3.05) is 11.4 Å². The zero-order chi connectivity index (χ0) is 16.3. The first-order chi connectivity index (χ1) is 10.3. The Hall–Kier alpha value is -1.35. The molecule has 3 nitrogen and oxygen atoms in total. The van der Waals surface area contributed by atoms with Crippen LogP contribution in [0.15, 0.2) is 18.2 Å². The lowest BCUT2D eigenvalue weighted by Crippen LogP contribution is -2.42. The normalized spacial score (nSPS) is 16.3. The van der Waals surface area contributed by atoms with Crippen molar-refractivity contribution in [3.63, 3.8) is 0 Å². The number of hydrogen-bond donors (Lipinski definition) is 1. The average molecular weight is 302 g/mol. The summed E-state index contributed by atoms with van der Waals surface area (Å²) in [5.41, 5.74) is 9.51. The van der Waals surface area contributed by atoms with Crippen LogP contribution in [0.2, 0.25) is 0 Å². The molecule has 1 aliphatic rings. The van der Waals surface area contributed by atoms with Crippen LogP contribution in [0.5, 0.6) is 0 Å². The molecule has 0 saturated carbocycles. The zero-order valence-corrected chi connectivity index (χ0v) is 14.5. The molecule has 2 rings (SSSR count). The molecule has 3 heteroatoms. The minimum atomic E-state index is -0.337. The highest BCUT2D eigenvalue weighted by Gasteiger charge is 2.30. The number of nitrogens with two attached hydrogens (primary N) is 1. The number of aryl methyl sites for hydroxylation is 1. The maximum absolute atomic E-state index is 12.6. The topological polar surface area (TPSA) is 46.3 Å². The maximum Gasteiger partial charge on any atom is 0.232 e. The molecular weight excluding hydrogens is 272 g/mol. The van der Waals surface area contributed by atoms with Gasteiger partial charge in [-0.15, -0.1) is 0 Å². The van der Waals surface area contributed by atoms with Crippen molar-refractivity contribution in [2.45, 2.75) is 65.8 Å². The molecule has 0 aliphatic carbocycles. The zero-order valence-electron chi connectivity index (χ0n) is 14.5. The van der Waals surface area contributed by atoms with E-state index >= 15 is 0 Å². The largest absolute Gasteiger partial charge is 0.327 e. The number of hydrogen-bond acceptors (Lipinski definition) is 2. The molecule has 0 aromatic heterocycles. The Labute approximate surface area is 134 Å². The number of fused-ring (bicyclic) bond motifs is 1. The lowest BCUT2D eigenvalue weighted by atomic mass is 9.91. The fourth-order valence-corrected chi connectivity index (χ4v) is 3.17. The summed E-state index contributed by atoms with van der Waals surface area (Å²) in [6, 6.07) is 6.75. The fraction of sp³-hybridized carbons (Fsp3) is 0.632. The number of anilines is 1. The summed E-state index contributed by atoms with van der Waals surface area (Å²) in [4.78, 5) is 14.6. The molecule has 1 atom stereocenters. The molecule has 22 heavy (non-hydrogen) atoms. The highest BCUT2D eigenvalue weighted by Crippen LogP contribution is 2.32. The second kappa shape index (κ2) is 6.82. The summed E-state index contributed by atoms with van der Waals surface area (Å²) in [6.07, 6.45) is 5.21. The van der Waals surface area contributed by atoms with E-state index in [1.807, 2.05) is 25.7 Å². The minimum Gasteiger partial charge on any atom is -0.327 e.